The highest BCUT2D eigenvalue weighted by atomic mass is 35.5. The predicted octanol–water partition coefficient (Wildman–Crippen LogP) is 4.36. The maximum atomic E-state index is 12.5. The first-order chi connectivity index (χ1) is 7.95. The van der Waals surface area contributed by atoms with Crippen LogP contribution >= 0.6 is 34.7 Å². The molecule has 0 saturated heterocycles. The molecule has 0 fully saturated rings. The smallest absolute Gasteiger partial charge is 0.213 e. The van der Waals surface area contributed by atoms with Crippen LogP contribution in [0.25, 0.3) is 0 Å². The van der Waals surface area contributed by atoms with Crippen LogP contribution in [0.15, 0.2) is 32.8 Å². The first kappa shape index (κ1) is 12.7. The molecule has 0 aliphatic heterocycles. The molecule has 0 N–H and O–H groups in total. The molecule has 0 saturated carbocycles. The first-order valence-corrected chi connectivity index (χ1v) is 6.36. The molecule has 2 rings (SSSR count). The van der Waals surface area contributed by atoms with Gasteiger partial charge in [0.15, 0.2) is 5.69 Å². The summed E-state index contributed by atoms with van der Waals surface area (Å²) in [4.78, 5) is 6.90. The average molecular weight is 297 g/mol. The van der Waals surface area contributed by atoms with Gasteiger partial charge in [0.25, 0.3) is 0 Å². The van der Waals surface area contributed by atoms with E-state index in [0.29, 0.717) is 0 Å². The van der Waals surface area contributed by atoms with Crippen LogP contribution in [0.2, 0.25) is 5.28 Å². The van der Waals surface area contributed by atoms with Gasteiger partial charge in [0.2, 0.25) is 5.28 Å². The Morgan fingerprint density at radius 1 is 1.29 bits per heavy atom. The molecule has 0 bridgehead atoms. The molecule has 0 aliphatic carbocycles. The number of hydrogen-bond acceptors (Lipinski definition) is 4. The van der Waals surface area contributed by atoms with Gasteiger partial charge >= 0.3 is 6.18 Å². The molecule has 0 aromatic carbocycles. The number of hydrogen-bond donors (Lipinski definition) is 0. The lowest BCUT2D eigenvalue weighted by atomic mass is 10.4. The van der Waals surface area contributed by atoms with Crippen molar-refractivity contribution in [1.82, 2.24) is 9.97 Å². The van der Waals surface area contributed by atoms with Crippen LogP contribution in [-0.4, -0.2) is 9.97 Å². The van der Waals surface area contributed by atoms with Gasteiger partial charge in [-0.25, -0.2) is 9.97 Å². The van der Waals surface area contributed by atoms with Crippen LogP contribution in [0.5, 0.6) is 0 Å². The summed E-state index contributed by atoms with van der Waals surface area (Å²) in [5, 5.41) is 1.61. The van der Waals surface area contributed by atoms with E-state index in [0.717, 1.165) is 22.0 Å². The minimum absolute atomic E-state index is 0.180. The van der Waals surface area contributed by atoms with E-state index < -0.39 is 17.2 Å². The summed E-state index contributed by atoms with van der Waals surface area (Å²) in [5.74, 6) is 0. The van der Waals surface area contributed by atoms with E-state index in [4.69, 9.17) is 11.6 Å². The molecule has 0 amide bonds. The molecule has 0 atom stereocenters. The van der Waals surface area contributed by atoms with Gasteiger partial charge in [-0.3, -0.25) is 0 Å². The Kier molecular flexibility index (Phi) is 3.60. The summed E-state index contributed by atoms with van der Waals surface area (Å²) in [5.41, 5.74) is -1.03. The van der Waals surface area contributed by atoms with Crippen molar-refractivity contribution < 1.29 is 13.2 Å². The van der Waals surface area contributed by atoms with Crippen LogP contribution in [0.4, 0.5) is 13.2 Å². The largest absolute Gasteiger partial charge is 0.433 e. The molecular formula is C9H4ClF3N2S2. The molecule has 2 heterocycles. The van der Waals surface area contributed by atoms with E-state index in [2.05, 4.69) is 9.97 Å². The van der Waals surface area contributed by atoms with Gasteiger partial charge in [0, 0.05) is 6.07 Å². The summed E-state index contributed by atoms with van der Waals surface area (Å²) in [6.45, 7) is 0. The van der Waals surface area contributed by atoms with Gasteiger partial charge in [-0.2, -0.15) is 13.2 Å². The Morgan fingerprint density at radius 2 is 2.06 bits per heavy atom. The quantitative estimate of drug-likeness (QED) is 0.608. The van der Waals surface area contributed by atoms with Gasteiger partial charge < -0.3 is 0 Å². The molecule has 0 unspecified atom stereocenters. The number of thiophene rings is 1. The number of nitrogens with zero attached hydrogens (tertiary/aromatic N) is 2. The van der Waals surface area contributed by atoms with Crippen molar-refractivity contribution in [3.63, 3.8) is 0 Å². The molecule has 2 aromatic heterocycles. The van der Waals surface area contributed by atoms with E-state index in [1.807, 2.05) is 5.38 Å². The summed E-state index contributed by atoms with van der Waals surface area (Å²) < 4.78 is 38.3. The zero-order chi connectivity index (χ0) is 12.5. The third kappa shape index (κ3) is 3.34. The number of alkyl halides is 3. The Morgan fingerprint density at radius 3 is 2.65 bits per heavy atom. The van der Waals surface area contributed by atoms with Crippen LogP contribution in [0.1, 0.15) is 5.69 Å². The van der Waals surface area contributed by atoms with Crippen molar-refractivity contribution >= 4 is 34.7 Å². The molecule has 0 aliphatic rings. The Hall–Kier alpha value is -0.790. The third-order valence-electron chi connectivity index (χ3n) is 1.67. The topological polar surface area (TPSA) is 25.8 Å². The fourth-order valence-corrected chi connectivity index (χ4v) is 2.97. The highest BCUT2D eigenvalue weighted by Gasteiger charge is 2.33. The van der Waals surface area contributed by atoms with Crippen molar-refractivity contribution in [2.24, 2.45) is 0 Å². The Labute approximate surface area is 108 Å². The maximum absolute atomic E-state index is 12.5. The molecule has 90 valence electrons. The highest BCUT2D eigenvalue weighted by Crippen LogP contribution is 2.34. The fraction of sp³-hybridized carbons (Fsp3) is 0.111. The minimum atomic E-state index is -4.52. The van der Waals surface area contributed by atoms with Crippen LogP contribution < -0.4 is 0 Å². The summed E-state index contributed by atoms with van der Waals surface area (Å²) in [7, 11) is 0. The molecule has 2 nitrogen and oxygen atoms in total. The normalized spacial score (nSPS) is 11.8. The monoisotopic (exact) mass is 296 g/mol. The van der Waals surface area contributed by atoms with Gasteiger partial charge in [-0.15, -0.1) is 11.3 Å². The standard InChI is InChI=1S/C9H4ClF3N2S2/c10-8-14-5(9(11,12)13)4-6(15-8)17-7-2-1-3-16-7/h1-4H. The van der Waals surface area contributed by atoms with E-state index in [9.17, 15) is 13.2 Å². The highest BCUT2D eigenvalue weighted by molar-refractivity contribution is 8.01. The molecule has 0 radical (unpaired) electrons. The molecule has 2 aromatic rings. The molecule has 17 heavy (non-hydrogen) atoms. The Balaban J connectivity index is 2.32. The van der Waals surface area contributed by atoms with E-state index in [1.54, 1.807) is 12.1 Å². The van der Waals surface area contributed by atoms with E-state index in [1.165, 1.54) is 11.3 Å². The molecule has 8 heteroatoms. The van der Waals surface area contributed by atoms with Crippen molar-refractivity contribution in [3.8, 4) is 0 Å². The number of rotatable bonds is 2. The lowest BCUT2D eigenvalue weighted by Gasteiger charge is -2.07. The summed E-state index contributed by atoms with van der Waals surface area (Å²) in [6.07, 6.45) is -4.52. The molecular weight excluding hydrogens is 293 g/mol. The predicted molar refractivity (Wildman–Crippen MR) is 60.5 cm³/mol. The zero-order valence-corrected chi connectivity index (χ0v) is 10.4. The number of aromatic nitrogens is 2. The van der Waals surface area contributed by atoms with Gasteiger partial charge in [-0.05, 0) is 23.0 Å². The van der Waals surface area contributed by atoms with Gasteiger partial charge in [-0.1, -0.05) is 17.8 Å². The van der Waals surface area contributed by atoms with E-state index >= 15 is 0 Å². The lowest BCUT2D eigenvalue weighted by Crippen LogP contribution is -2.09. The summed E-state index contributed by atoms with van der Waals surface area (Å²) >= 11 is 8.00. The van der Waals surface area contributed by atoms with Crippen molar-refractivity contribution in [1.29, 1.82) is 0 Å². The molecule has 0 spiro atoms. The lowest BCUT2D eigenvalue weighted by molar-refractivity contribution is -0.141. The minimum Gasteiger partial charge on any atom is -0.213 e. The SMILES string of the molecule is FC(F)(F)c1cc(Sc2cccs2)nc(Cl)n1. The van der Waals surface area contributed by atoms with E-state index in [-0.39, 0.29) is 5.03 Å². The van der Waals surface area contributed by atoms with Crippen molar-refractivity contribution in [2.75, 3.05) is 0 Å². The fourth-order valence-electron chi connectivity index (χ4n) is 1.02. The summed E-state index contributed by atoms with van der Waals surface area (Å²) in [6, 6.07) is 4.48. The van der Waals surface area contributed by atoms with Gasteiger partial charge in [0.1, 0.15) is 5.03 Å². The zero-order valence-electron chi connectivity index (χ0n) is 8.03. The van der Waals surface area contributed by atoms with Crippen LogP contribution in [0.3, 0.4) is 0 Å². The van der Waals surface area contributed by atoms with Gasteiger partial charge in [0.05, 0.1) is 4.21 Å². The maximum Gasteiger partial charge on any atom is 0.433 e. The Bertz CT molecular complexity index is 513. The van der Waals surface area contributed by atoms with Crippen molar-refractivity contribution in [3.05, 3.63) is 34.6 Å². The second-order valence-corrected chi connectivity index (χ2v) is 5.50. The van der Waals surface area contributed by atoms with Crippen LogP contribution in [-0.2, 0) is 6.18 Å². The second kappa shape index (κ2) is 4.83. The first-order valence-electron chi connectivity index (χ1n) is 4.28. The second-order valence-electron chi connectivity index (χ2n) is 2.89. The third-order valence-corrected chi connectivity index (χ3v) is 3.79. The number of halogens is 4. The van der Waals surface area contributed by atoms with Crippen molar-refractivity contribution in [2.45, 2.75) is 15.4 Å². The van der Waals surface area contributed by atoms with Crippen LogP contribution in [0, 0.1) is 0 Å². The average Bonchev–Trinajstić information content (AvgIpc) is 2.68.